The quantitative estimate of drug-likeness (QED) is 0.280. The van der Waals surface area contributed by atoms with Crippen molar-refractivity contribution >= 4 is 0 Å². The minimum atomic E-state index is 0. The largest absolute Gasteiger partial charge is 3.00 e. The van der Waals surface area contributed by atoms with Crippen LogP contribution in [0.4, 0.5) is 0 Å². The Morgan fingerprint density at radius 3 is 1.13 bits per heavy atom. The summed E-state index contributed by atoms with van der Waals surface area (Å²) in [7, 11) is 0. The second-order valence-corrected chi connectivity index (χ2v) is 5.85. The molecule has 0 atom stereocenters. The molecule has 0 spiro atoms. The normalized spacial score (nSPS) is 9.20. The standard InChI is InChI=1S/C22H16N2O2.3ClH.Mn/c25-21-13-3-1-7-15(21)17-9-5-11-19(23-17)20-12-6-10-18(24-20)16-8-2-4-14-22(16)26;;;;/h1-14,25-26H;3*1H;/q;;;;+3/p-3. The zero-order chi connectivity index (χ0) is 17.9. The zero-order valence-corrected chi connectivity index (χ0v) is 18.8. The van der Waals surface area contributed by atoms with Crippen LogP contribution in [0.5, 0.6) is 11.5 Å². The maximum atomic E-state index is 10.1. The summed E-state index contributed by atoms with van der Waals surface area (Å²) in [6, 6.07) is 25.4. The molecule has 2 N–H and O–H groups in total. The Morgan fingerprint density at radius 2 is 0.767 bits per heavy atom. The summed E-state index contributed by atoms with van der Waals surface area (Å²) < 4.78 is 0. The van der Waals surface area contributed by atoms with Gasteiger partial charge in [0.2, 0.25) is 0 Å². The van der Waals surface area contributed by atoms with Gasteiger partial charge in [-0.25, -0.2) is 9.97 Å². The molecule has 0 saturated carbocycles. The van der Waals surface area contributed by atoms with E-state index in [1.165, 1.54) is 0 Å². The van der Waals surface area contributed by atoms with Gasteiger partial charge in [0.25, 0.3) is 0 Å². The molecule has 2 aromatic carbocycles. The van der Waals surface area contributed by atoms with E-state index in [9.17, 15) is 10.2 Å². The van der Waals surface area contributed by atoms with Crippen molar-refractivity contribution in [3.8, 4) is 45.4 Å². The Labute approximate surface area is 204 Å². The number of hydrogen-bond donors (Lipinski definition) is 2. The van der Waals surface area contributed by atoms with Crippen molar-refractivity contribution in [3.05, 3.63) is 84.9 Å². The average Bonchev–Trinajstić information content (AvgIpc) is 2.69. The molecule has 4 nitrogen and oxygen atoms in total. The van der Waals surface area contributed by atoms with Crippen LogP contribution in [-0.2, 0) is 17.1 Å². The third kappa shape index (κ3) is 5.88. The zero-order valence-electron chi connectivity index (χ0n) is 15.4. The molecule has 0 unspecified atom stereocenters. The second-order valence-electron chi connectivity index (χ2n) is 5.85. The number of para-hydroxylation sites is 2. The Morgan fingerprint density at radius 1 is 0.433 bits per heavy atom. The molecule has 0 fully saturated rings. The average molecular weight is 502 g/mol. The number of phenolic OH excluding ortho intramolecular Hbond substituents is 2. The van der Waals surface area contributed by atoms with Gasteiger partial charge < -0.3 is 47.4 Å². The maximum absolute atomic E-state index is 10.1. The Balaban J connectivity index is 0.00000210. The van der Waals surface area contributed by atoms with Gasteiger partial charge >= 0.3 is 17.1 Å². The number of benzene rings is 2. The van der Waals surface area contributed by atoms with Crippen LogP contribution in [0.2, 0.25) is 0 Å². The molecule has 8 heteroatoms. The van der Waals surface area contributed by atoms with Gasteiger partial charge in [-0.2, -0.15) is 0 Å². The van der Waals surface area contributed by atoms with E-state index in [0.29, 0.717) is 33.9 Å². The summed E-state index contributed by atoms with van der Waals surface area (Å²) in [6.07, 6.45) is 0. The van der Waals surface area contributed by atoms with Crippen LogP contribution in [0.25, 0.3) is 33.9 Å². The van der Waals surface area contributed by atoms with E-state index in [1.807, 2.05) is 60.7 Å². The van der Waals surface area contributed by atoms with Gasteiger partial charge in [-0.05, 0) is 48.5 Å². The number of halogens is 3. The molecule has 2 heterocycles. The van der Waals surface area contributed by atoms with Crippen molar-refractivity contribution in [2.75, 3.05) is 0 Å². The fourth-order valence-corrected chi connectivity index (χ4v) is 2.84. The SMILES string of the molecule is Oc1ccccc1-c1cccc(-c2cccc(-c3ccccc3O)n2)n1.[Cl-].[Cl-].[Cl-].[Mn+3]. The van der Waals surface area contributed by atoms with Crippen molar-refractivity contribution in [2.24, 2.45) is 0 Å². The first kappa shape index (κ1) is 27.7. The van der Waals surface area contributed by atoms with Crippen LogP contribution in [0.1, 0.15) is 0 Å². The second kappa shape index (κ2) is 12.4. The molecule has 4 rings (SSSR count). The molecule has 0 aliphatic carbocycles. The first-order valence-electron chi connectivity index (χ1n) is 8.23. The van der Waals surface area contributed by atoms with Gasteiger partial charge in [0, 0.05) is 11.1 Å². The van der Waals surface area contributed by atoms with Crippen LogP contribution in [0.3, 0.4) is 0 Å². The molecule has 2 aromatic heterocycles. The molecule has 30 heavy (non-hydrogen) atoms. The van der Waals surface area contributed by atoms with E-state index in [0.717, 1.165) is 0 Å². The number of phenols is 2. The van der Waals surface area contributed by atoms with Crippen LogP contribution < -0.4 is 37.2 Å². The summed E-state index contributed by atoms with van der Waals surface area (Å²) in [5.41, 5.74) is 4.09. The topological polar surface area (TPSA) is 66.2 Å². The fraction of sp³-hybridized carbons (Fsp3) is 0. The maximum Gasteiger partial charge on any atom is 3.00 e. The molecule has 154 valence electrons. The van der Waals surface area contributed by atoms with E-state index in [2.05, 4.69) is 9.97 Å². The predicted octanol–water partition coefficient (Wildman–Crippen LogP) is -4.10. The van der Waals surface area contributed by atoms with Gasteiger partial charge in [-0.15, -0.1) is 0 Å². The third-order valence-electron chi connectivity index (χ3n) is 4.12. The molecule has 0 amide bonds. The van der Waals surface area contributed by atoms with E-state index in [4.69, 9.17) is 0 Å². The molecular weight excluding hydrogens is 486 g/mol. The third-order valence-corrected chi connectivity index (χ3v) is 4.12. The molecule has 0 bridgehead atoms. The van der Waals surface area contributed by atoms with Crippen molar-refractivity contribution in [1.82, 2.24) is 9.97 Å². The monoisotopic (exact) mass is 500 g/mol. The summed E-state index contributed by atoms with van der Waals surface area (Å²) in [5, 5.41) is 20.1. The number of aromatic hydroxyl groups is 2. The van der Waals surface area contributed by atoms with Crippen LogP contribution in [-0.4, -0.2) is 20.2 Å². The van der Waals surface area contributed by atoms with E-state index >= 15 is 0 Å². The first-order chi connectivity index (χ1) is 12.7. The molecule has 0 radical (unpaired) electrons. The molecule has 0 aliphatic heterocycles. The number of aromatic nitrogens is 2. The number of rotatable bonds is 3. The summed E-state index contributed by atoms with van der Waals surface area (Å²) in [5.74, 6) is 0.376. The minimum absolute atomic E-state index is 0. The molecule has 0 aliphatic rings. The van der Waals surface area contributed by atoms with Crippen molar-refractivity contribution in [3.63, 3.8) is 0 Å². The van der Waals surface area contributed by atoms with Crippen molar-refractivity contribution in [2.45, 2.75) is 0 Å². The summed E-state index contributed by atoms with van der Waals surface area (Å²) in [6.45, 7) is 0. The van der Waals surface area contributed by atoms with Gasteiger partial charge in [-0.3, -0.25) is 0 Å². The van der Waals surface area contributed by atoms with E-state index in [1.54, 1.807) is 24.3 Å². The van der Waals surface area contributed by atoms with Crippen LogP contribution in [0.15, 0.2) is 84.9 Å². The van der Waals surface area contributed by atoms with E-state index in [-0.39, 0.29) is 65.8 Å². The van der Waals surface area contributed by atoms with E-state index < -0.39 is 0 Å². The van der Waals surface area contributed by atoms with Crippen LogP contribution >= 0.6 is 0 Å². The molecule has 4 aromatic rings. The van der Waals surface area contributed by atoms with Crippen molar-refractivity contribution in [1.29, 1.82) is 0 Å². The Hall–Kier alpha value is -2.27. The summed E-state index contributed by atoms with van der Waals surface area (Å²) >= 11 is 0. The molecule has 0 saturated heterocycles. The molecular formula is C22H16Cl3MnN2O2. The number of hydrogen-bond acceptors (Lipinski definition) is 4. The summed E-state index contributed by atoms with van der Waals surface area (Å²) in [4.78, 5) is 9.29. The van der Waals surface area contributed by atoms with Gasteiger partial charge in [0.05, 0.1) is 22.8 Å². The van der Waals surface area contributed by atoms with Gasteiger partial charge in [-0.1, -0.05) is 36.4 Å². The number of nitrogens with zero attached hydrogens (tertiary/aromatic N) is 2. The smallest absolute Gasteiger partial charge is 1.00 e. The van der Waals surface area contributed by atoms with Gasteiger partial charge in [0.1, 0.15) is 11.5 Å². The van der Waals surface area contributed by atoms with Crippen molar-refractivity contribution < 1.29 is 64.5 Å². The van der Waals surface area contributed by atoms with Gasteiger partial charge in [0.15, 0.2) is 0 Å². The minimum Gasteiger partial charge on any atom is -1.00 e. The Kier molecular flexibility index (Phi) is 11.5. The number of pyridine rings is 2. The first-order valence-corrected chi connectivity index (χ1v) is 8.23. The Bertz CT molecular complexity index is 1010. The predicted molar refractivity (Wildman–Crippen MR) is 102 cm³/mol. The fourth-order valence-electron chi connectivity index (χ4n) is 2.84. The van der Waals surface area contributed by atoms with Crippen LogP contribution in [0, 0.1) is 0 Å².